The van der Waals surface area contributed by atoms with Crippen molar-refractivity contribution in [2.45, 2.75) is 90.7 Å². The summed E-state index contributed by atoms with van der Waals surface area (Å²) in [4.78, 5) is 0. The molecular formula is C15H33NO. The molecule has 0 fully saturated rings. The van der Waals surface area contributed by atoms with Crippen LogP contribution in [0.3, 0.4) is 0 Å². The van der Waals surface area contributed by atoms with Gasteiger partial charge in [-0.3, -0.25) is 0 Å². The summed E-state index contributed by atoms with van der Waals surface area (Å²) in [6, 6.07) is 0. The van der Waals surface area contributed by atoms with Gasteiger partial charge >= 0.3 is 0 Å². The van der Waals surface area contributed by atoms with Crippen LogP contribution in [0.1, 0.15) is 79.1 Å². The van der Waals surface area contributed by atoms with Gasteiger partial charge < -0.3 is 10.8 Å². The van der Waals surface area contributed by atoms with Gasteiger partial charge in [0, 0.05) is 5.54 Å². The smallest absolute Gasteiger partial charge is 0.0515 e. The normalized spacial score (nSPS) is 15.9. The van der Waals surface area contributed by atoms with Gasteiger partial charge in [-0.1, -0.05) is 46.5 Å². The van der Waals surface area contributed by atoms with Crippen molar-refractivity contribution in [3.05, 3.63) is 0 Å². The van der Waals surface area contributed by atoms with Gasteiger partial charge in [0.1, 0.15) is 0 Å². The van der Waals surface area contributed by atoms with Crippen molar-refractivity contribution in [3.8, 4) is 0 Å². The lowest BCUT2D eigenvalue weighted by atomic mass is 9.75. The molecule has 2 heteroatoms. The lowest BCUT2D eigenvalue weighted by Crippen LogP contribution is -2.47. The van der Waals surface area contributed by atoms with Crippen LogP contribution in [0.2, 0.25) is 0 Å². The van der Waals surface area contributed by atoms with Crippen LogP contribution in [0, 0.1) is 5.92 Å². The Kier molecular flexibility index (Phi) is 8.89. The number of aliphatic hydroxyl groups is 1. The van der Waals surface area contributed by atoms with E-state index in [1.165, 1.54) is 32.1 Å². The van der Waals surface area contributed by atoms with Gasteiger partial charge in [0.25, 0.3) is 0 Å². The zero-order chi connectivity index (χ0) is 13.3. The first-order valence-corrected chi connectivity index (χ1v) is 7.47. The molecule has 3 N–H and O–H groups in total. The third-order valence-corrected chi connectivity index (χ3v) is 4.16. The van der Waals surface area contributed by atoms with Crippen LogP contribution in [0.5, 0.6) is 0 Å². The summed E-state index contributed by atoms with van der Waals surface area (Å²) in [6.07, 6.45) is 8.96. The third-order valence-electron chi connectivity index (χ3n) is 4.16. The molecule has 17 heavy (non-hydrogen) atoms. The second-order valence-corrected chi connectivity index (χ2v) is 5.57. The van der Waals surface area contributed by atoms with Crippen molar-refractivity contribution < 1.29 is 5.11 Å². The van der Waals surface area contributed by atoms with Crippen molar-refractivity contribution >= 4 is 0 Å². The van der Waals surface area contributed by atoms with Gasteiger partial charge in [-0.25, -0.2) is 0 Å². The summed E-state index contributed by atoms with van der Waals surface area (Å²) in [7, 11) is 0. The van der Waals surface area contributed by atoms with E-state index in [9.17, 15) is 5.11 Å². The molecule has 0 bridgehead atoms. The Morgan fingerprint density at radius 3 is 2.06 bits per heavy atom. The summed E-state index contributed by atoms with van der Waals surface area (Å²) in [5, 5.41) is 9.62. The molecule has 0 spiro atoms. The summed E-state index contributed by atoms with van der Waals surface area (Å²) in [5.41, 5.74) is 6.41. The number of unbranched alkanes of at least 4 members (excludes halogenated alkanes) is 3. The molecule has 0 saturated carbocycles. The number of nitrogens with two attached hydrogens (primary N) is 1. The zero-order valence-electron chi connectivity index (χ0n) is 12.3. The van der Waals surface area contributed by atoms with Crippen molar-refractivity contribution in [2.24, 2.45) is 11.7 Å². The van der Waals surface area contributed by atoms with Crippen molar-refractivity contribution in [3.63, 3.8) is 0 Å². The highest BCUT2D eigenvalue weighted by Crippen LogP contribution is 2.31. The first-order valence-electron chi connectivity index (χ1n) is 7.47. The number of hydrogen-bond donors (Lipinski definition) is 2. The molecule has 0 aliphatic rings. The number of hydrogen-bond acceptors (Lipinski definition) is 2. The Labute approximate surface area is 108 Å². The summed E-state index contributed by atoms with van der Waals surface area (Å²) >= 11 is 0. The van der Waals surface area contributed by atoms with E-state index >= 15 is 0 Å². The van der Waals surface area contributed by atoms with Crippen LogP contribution in [-0.2, 0) is 0 Å². The minimum absolute atomic E-state index is 0.0802. The molecule has 0 heterocycles. The highest BCUT2D eigenvalue weighted by molar-refractivity contribution is 4.89. The van der Waals surface area contributed by atoms with Crippen molar-refractivity contribution in [2.75, 3.05) is 0 Å². The standard InChI is InChI=1S/C15H33NO/c1-5-8-9-10-11-14(12-13(4)17)15(16,6-2)7-3/h13-14,17H,5-12,16H2,1-4H3. The summed E-state index contributed by atoms with van der Waals surface area (Å²) in [5.74, 6) is 0.467. The topological polar surface area (TPSA) is 46.2 Å². The Morgan fingerprint density at radius 2 is 1.65 bits per heavy atom. The Bertz CT molecular complexity index is 176. The average Bonchev–Trinajstić information content (AvgIpc) is 2.31. The molecule has 0 aromatic carbocycles. The maximum Gasteiger partial charge on any atom is 0.0515 e. The second kappa shape index (κ2) is 8.93. The quantitative estimate of drug-likeness (QED) is 0.572. The minimum atomic E-state index is -0.229. The fourth-order valence-corrected chi connectivity index (χ4v) is 2.70. The average molecular weight is 243 g/mol. The van der Waals surface area contributed by atoms with Gasteiger partial charge in [0.15, 0.2) is 0 Å². The molecule has 0 aliphatic heterocycles. The van der Waals surface area contributed by atoms with Crippen LogP contribution < -0.4 is 5.73 Å². The maximum absolute atomic E-state index is 9.62. The highest BCUT2D eigenvalue weighted by atomic mass is 16.3. The van der Waals surface area contributed by atoms with Crippen LogP contribution >= 0.6 is 0 Å². The molecule has 0 radical (unpaired) electrons. The SMILES string of the molecule is CCCCCCC(CC(C)O)C(N)(CC)CC. The van der Waals surface area contributed by atoms with Crippen molar-refractivity contribution in [1.29, 1.82) is 0 Å². The summed E-state index contributed by atoms with van der Waals surface area (Å²) in [6.45, 7) is 8.46. The molecule has 0 amide bonds. The molecule has 2 nitrogen and oxygen atoms in total. The number of rotatable bonds is 10. The molecule has 2 unspecified atom stereocenters. The van der Waals surface area contributed by atoms with Crippen molar-refractivity contribution in [1.82, 2.24) is 0 Å². The second-order valence-electron chi connectivity index (χ2n) is 5.57. The van der Waals surface area contributed by atoms with Crippen LogP contribution in [0.4, 0.5) is 0 Å². The van der Waals surface area contributed by atoms with E-state index in [4.69, 9.17) is 5.73 Å². The van der Waals surface area contributed by atoms with Crippen LogP contribution in [0.25, 0.3) is 0 Å². The largest absolute Gasteiger partial charge is 0.393 e. The Balaban J connectivity index is 4.31. The van der Waals surface area contributed by atoms with Gasteiger partial charge in [0.05, 0.1) is 6.10 Å². The lowest BCUT2D eigenvalue weighted by molar-refractivity contribution is 0.116. The molecule has 2 atom stereocenters. The lowest BCUT2D eigenvalue weighted by Gasteiger charge is -2.37. The van der Waals surface area contributed by atoms with E-state index in [0.717, 1.165) is 19.3 Å². The molecule has 0 aliphatic carbocycles. The summed E-state index contributed by atoms with van der Waals surface area (Å²) < 4.78 is 0. The molecule has 104 valence electrons. The predicted molar refractivity (Wildman–Crippen MR) is 76.0 cm³/mol. The predicted octanol–water partition coefficient (Wildman–Crippen LogP) is 3.86. The van der Waals surface area contributed by atoms with E-state index < -0.39 is 0 Å². The fraction of sp³-hybridized carbons (Fsp3) is 1.00. The minimum Gasteiger partial charge on any atom is -0.393 e. The molecule has 0 aromatic rings. The van der Waals surface area contributed by atoms with Crippen LogP contribution in [0.15, 0.2) is 0 Å². The van der Waals surface area contributed by atoms with E-state index in [0.29, 0.717) is 5.92 Å². The number of aliphatic hydroxyl groups excluding tert-OH is 1. The Morgan fingerprint density at radius 1 is 1.06 bits per heavy atom. The van der Waals surface area contributed by atoms with Crippen LogP contribution in [-0.4, -0.2) is 16.7 Å². The monoisotopic (exact) mass is 243 g/mol. The van der Waals surface area contributed by atoms with E-state index in [1.807, 2.05) is 6.92 Å². The first-order chi connectivity index (χ1) is 8.00. The van der Waals surface area contributed by atoms with E-state index in [2.05, 4.69) is 20.8 Å². The first kappa shape index (κ1) is 16.9. The zero-order valence-corrected chi connectivity index (χ0v) is 12.3. The van der Waals surface area contributed by atoms with E-state index in [1.54, 1.807) is 0 Å². The molecule has 0 aromatic heterocycles. The van der Waals surface area contributed by atoms with Gasteiger partial charge in [0.2, 0.25) is 0 Å². The highest BCUT2D eigenvalue weighted by Gasteiger charge is 2.31. The molecule has 0 rings (SSSR count). The van der Waals surface area contributed by atoms with Gasteiger partial charge in [-0.2, -0.15) is 0 Å². The maximum atomic E-state index is 9.62. The molecule has 0 saturated heterocycles. The fourth-order valence-electron chi connectivity index (χ4n) is 2.70. The van der Waals surface area contributed by atoms with E-state index in [-0.39, 0.29) is 11.6 Å². The van der Waals surface area contributed by atoms with Gasteiger partial charge in [-0.05, 0) is 38.5 Å². The Hall–Kier alpha value is -0.0800. The third kappa shape index (κ3) is 6.42. The van der Waals surface area contributed by atoms with Gasteiger partial charge in [-0.15, -0.1) is 0 Å². The molecular weight excluding hydrogens is 210 g/mol.